The molecule has 0 aromatic heterocycles. The second-order valence-electron chi connectivity index (χ2n) is 4.69. The van der Waals surface area contributed by atoms with Crippen molar-refractivity contribution in [2.75, 3.05) is 13.2 Å². The first kappa shape index (κ1) is 15.6. The van der Waals surface area contributed by atoms with Gasteiger partial charge in [0.25, 0.3) is 0 Å². The Morgan fingerprint density at radius 1 is 1.47 bits per heavy atom. The van der Waals surface area contributed by atoms with E-state index < -0.39 is 11.7 Å². The van der Waals surface area contributed by atoms with Gasteiger partial charge in [-0.3, -0.25) is 4.79 Å². The number of rotatable bonds is 8. The third-order valence-electron chi connectivity index (χ3n) is 2.61. The number of carbonyl (C=O) groups excluding carboxylic acids is 1. The second-order valence-corrected chi connectivity index (χ2v) is 4.69. The normalized spacial score (nSPS) is 10.9. The monoisotopic (exact) mass is 268 g/mol. The lowest BCUT2D eigenvalue weighted by Crippen LogP contribution is -2.24. The maximum absolute atomic E-state index is 13.6. The molecule has 0 aliphatic heterocycles. The van der Waals surface area contributed by atoms with Crippen molar-refractivity contribution in [2.24, 2.45) is 5.73 Å². The Balaban J connectivity index is 2.32. The van der Waals surface area contributed by atoms with Crippen LogP contribution in [0.15, 0.2) is 18.2 Å². The Morgan fingerprint density at radius 2 is 2.21 bits per heavy atom. The first-order chi connectivity index (χ1) is 9.00. The molecule has 1 rings (SSSR count). The molecule has 1 aromatic carbocycles. The zero-order chi connectivity index (χ0) is 14.3. The van der Waals surface area contributed by atoms with Crippen molar-refractivity contribution >= 4 is 5.91 Å². The summed E-state index contributed by atoms with van der Waals surface area (Å²) in [6, 6.07) is 4.63. The zero-order valence-corrected chi connectivity index (χ0v) is 11.4. The average Bonchev–Trinajstić information content (AvgIpc) is 2.34. The molecule has 0 unspecified atom stereocenters. The molecule has 3 N–H and O–H groups in total. The zero-order valence-electron chi connectivity index (χ0n) is 11.4. The number of nitrogens with two attached hydrogens (primary N) is 1. The summed E-state index contributed by atoms with van der Waals surface area (Å²) in [6.07, 6.45) is 0.874. The molecule has 0 fully saturated rings. The Kier molecular flexibility index (Phi) is 6.45. The van der Waals surface area contributed by atoms with Crippen molar-refractivity contribution in [3.63, 3.8) is 0 Å². The third kappa shape index (κ3) is 5.81. The fourth-order valence-corrected chi connectivity index (χ4v) is 1.56. The molecule has 106 valence electrons. The van der Waals surface area contributed by atoms with E-state index in [1.54, 1.807) is 0 Å². The molecule has 0 spiro atoms. The van der Waals surface area contributed by atoms with Gasteiger partial charge < -0.3 is 15.8 Å². The Hall–Kier alpha value is -1.46. The van der Waals surface area contributed by atoms with Gasteiger partial charge in [-0.15, -0.1) is 0 Å². The van der Waals surface area contributed by atoms with Gasteiger partial charge in [0.1, 0.15) is 5.82 Å². The van der Waals surface area contributed by atoms with Crippen LogP contribution in [0.5, 0.6) is 0 Å². The summed E-state index contributed by atoms with van der Waals surface area (Å²) >= 11 is 0. The van der Waals surface area contributed by atoms with Crippen molar-refractivity contribution in [2.45, 2.75) is 32.9 Å². The summed E-state index contributed by atoms with van der Waals surface area (Å²) in [6.45, 7) is 5.80. The molecular weight excluding hydrogens is 247 g/mol. The number of hydrogen-bond donors (Lipinski definition) is 2. The van der Waals surface area contributed by atoms with Gasteiger partial charge in [0.2, 0.25) is 5.91 Å². The van der Waals surface area contributed by atoms with Gasteiger partial charge in [-0.1, -0.05) is 19.9 Å². The molecule has 0 saturated carbocycles. The molecule has 1 amide bonds. The topological polar surface area (TPSA) is 64.3 Å². The van der Waals surface area contributed by atoms with Crippen molar-refractivity contribution in [3.8, 4) is 0 Å². The molecule has 0 heterocycles. The van der Waals surface area contributed by atoms with E-state index in [0.717, 1.165) is 19.0 Å². The van der Waals surface area contributed by atoms with Gasteiger partial charge in [0.15, 0.2) is 0 Å². The second kappa shape index (κ2) is 7.86. The van der Waals surface area contributed by atoms with E-state index in [-0.39, 0.29) is 12.2 Å². The summed E-state index contributed by atoms with van der Waals surface area (Å²) in [5.41, 5.74) is 5.67. The summed E-state index contributed by atoms with van der Waals surface area (Å²) < 4.78 is 19.0. The fraction of sp³-hybridized carbons (Fsp3) is 0.500. The molecule has 4 nitrogen and oxygen atoms in total. The van der Waals surface area contributed by atoms with Gasteiger partial charge in [0, 0.05) is 23.8 Å². The molecule has 0 aliphatic rings. The van der Waals surface area contributed by atoms with Crippen LogP contribution in [-0.4, -0.2) is 25.1 Å². The number of benzene rings is 1. The highest BCUT2D eigenvalue weighted by atomic mass is 19.1. The highest BCUT2D eigenvalue weighted by molar-refractivity contribution is 5.92. The molecule has 1 aromatic rings. The van der Waals surface area contributed by atoms with Gasteiger partial charge in [-0.25, -0.2) is 4.39 Å². The van der Waals surface area contributed by atoms with E-state index >= 15 is 0 Å². The molecule has 0 atom stereocenters. The van der Waals surface area contributed by atoms with Crippen molar-refractivity contribution in [1.82, 2.24) is 5.32 Å². The van der Waals surface area contributed by atoms with E-state index in [0.29, 0.717) is 18.2 Å². The van der Waals surface area contributed by atoms with E-state index in [9.17, 15) is 9.18 Å². The summed E-state index contributed by atoms with van der Waals surface area (Å²) in [5.74, 6) is -1.09. The number of amides is 1. The number of carbonyl (C=O) groups is 1. The van der Waals surface area contributed by atoms with Crippen LogP contribution in [0.4, 0.5) is 4.39 Å². The Morgan fingerprint density at radius 3 is 2.79 bits per heavy atom. The molecular formula is C14H21FN2O2. The van der Waals surface area contributed by atoms with Gasteiger partial charge in [-0.05, 0) is 25.1 Å². The third-order valence-corrected chi connectivity index (χ3v) is 2.61. The predicted octanol–water partition coefficient (Wildman–Crippen LogP) is 1.83. The number of hydrogen-bond acceptors (Lipinski definition) is 3. The van der Waals surface area contributed by atoms with Gasteiger partial charge in [-0.2, -0.15) is 0 Å². The number of nitrogens with one attached hydrogen (secondary N) is 1. The van der Waals surface area contributed by atoms with Crippen molar-refractivity contribution < 1.29 is 13.9 Å². The van der Waals surface area contributed by atoms with Crippen LogP contribution < -0.4 is 11.1 Å². The predicted molar refractivity (Wildman–Crippen MR) is 72.3 cm³/mol. The van der Waals surface area contributed by atoms with Crippen LogP contribution in [0.1, 0.15) is 36.2 Å². The quantitative estimate of drug-likeness (QED) is 0.707. The van der Waals surface area contributed by atoms with Crippen LogP contribution in [0, 0.1) is 5.82 Å². The largest absolute Gasteiger partial charge is 0.377 e. The average molecular weight is 268 g/mol. The molecule has 19 heavy (non-hydrogen) atoms. The lowest BCUT2D eigenvalue weighted by atomic mass is 10.1. The minimum Gasteiger partial charge on any atom is -0.377 e. The first-order valence-corrected chi connectivity index (χ1v) is 6.40. The minimum atomic E-state index is -0.633. The first-order valence-electron chi connectivity index (χ1n) is 6.40. The number of ether oxygens (including phenoxy) is 1. The molecule has 0 aliphatic carbocycles. The minimum absolute atomic E-state index is 0.169. The van der Waals surface area contributed by atoms with Crippen molar-refractivity contribution in [1.29, 1.82) is 0 Å². The van der Waals surface area contributed by atoms with Crippen LogP contribution >= 0.6 is 0 Å². The molecule has 5 heteroatoms. The maximum atomic E-state index is 13.6. The van der Waals surface area contributed by atoms with Gasteiger partial charge >= 0.3 is 0 Å². The lowest BCUT2D eigenvalue weighted by Gasteiger charge is -2.09. The van der Waals surface area contributed by atoms with E-state index in [4.69, 9.17) is 10.5 Å². The van der Waals surface area contributed by atoms with E-state index in [1.165, 1.54) is 12.1 Å². The highest BCUT2D eigenvalue weighted by Crippen LogP contribution is 2.11. The number of halogens is 1. The van der Waals surface area contributed by atoms with Crippen LogP contribution in [0.3, 0.4) is 0 Å². The highest BCUT2D eigenvalue weighted by Gasteiger charge is 2.06. The van der Waals surface area contributed by atoms with Gasteiger partial charge in [0.05, 0.1) is 6.61 Å². The summed E-state index contributed by atoms with van der Waals surface area (Å²) in [7, 11) is 0. The summed E-state index contributed by atoms with van der Waals surface area (Å²) in [5, 5.41) is 3.27. The maximum Gasteiger partial charge on any atom is 0.248 e. The smallest absolute Gasteiger partial charge is 0.248 e. The van der Waals surface area contributed by atoms with Crippen LogP contribution in [0.2, 0.25) is 0 Å². The fourth-order valence-electron chi connectivity index (χ4n) is 1.56. The summed E-state index contributed by atoms with van der Waals surface area (Å²) in [4.78, 5) is 10.9. The lowest BCUT2D eigenvalue weighted by molar-refractivity contribution is 0.0998. The Bertz CT molecular complexity index is 422. The molecule has 0 bridgehead atoms. The molecule has 0 radical (unpaired) electrons. The Labute approximate surface area is 113 Å². The standard InChI is InChI=1S/C14H21FN2O2/c1-10(2)17-6-3-7-19-9-12-5-4-11(14(16)18)8-13(12)15/h4-5,8,10,17H,3,6-7,9H2,1-2H3,(H2,16,18). The molecule has 0 saturated heterocycles. The van der Waals surface area contributed by atoms with Crippen LogP contribution in [-0.2, 0) is 11.3 Å². The van der Waals surface area contributed by atoms with Crippen molar-refractivity contribution in [3.05, 3.63) is 35.1 Å². The SMILES string of the molecule is CC(C)NCCCOCc1ccc(C(N)=O)cc1F. The number of primary amides is 1. The van der Waals surface area contributed by atoms with E-state index in [1.807, 2.05) is 0 Å². The van der Waals surface area contributed by atoms with E-state index in [2.05, 4.69) is 19.2 Å². The van der Waals surface area contributed by atoms with Crippen LogP contribution in [0.25, 0.3) is 0 Å².